The van der Waals surface area contributed by atoms with Gasteiger partial charge in [0, 0.05) is 31.9 Å². The maximum absolute atomic E-state index is 12.1. The summed E-state index contributed by atoms with van der Waals surface area (Å²) < 4.78 is 28.1. The number of nitrogens with zero attached hydrogens (tertiary/aromatic N) is 3. The lowest BCUT2D eigenvalue weighted by Gasteiger charge is -2.35. The molecule has 0 aromatic heterocycles. The van der Waals surface area contributed by atoms with Crippen LogP contribution >= 0.6 is 0 Å². The minimum Gasteiger partial charge on any atom is -0.368 e. The molecule has 6 heteroatoms. The van der Waals surface area contributed by atoms with Crippen LogP contribution in [0, 0.1) is 0 Å². The summed E-state index contributed by atoms with van der Waals surface area (Å²) >= 11 is 0. The van der Waals surface area contributed by atoms with E-state index in [1.54, 1.807) is 30.3 Å². The molecule has 23 heavy (non-hydrogen) atoms. The molecule has 2 aromatic rings. The average molecular weight is 329 g/mol. The Bertz CT molecular complexity index is 753. The van der Waals surface area contributed by atoms with Crippen molar-refractivity contribution in [2.75, 3.05) is 31.1 Å². The zero-order valence-corrected chi connectivity index (χ0v) is 13.6. The fraction of sp³-hybridized carbons (Fsp3) is 0.235. The Morgan fingerprint density at radius 3 is 2.00 bits per heavy atom. The smallest absolute Gasteiger partial charge is 0.283 e. The van der Waals surface area contributed by atoms with Gasteiger partial charge in [-0.1, -0.05) is 36.4 Å². The van der Waals surface area contributed by atoms with Crippen molar-refractivity contribution in [2.45, 2.75) is 4.90 Å². The topological polar surface area (TPSA) is 53.0 Å². The molecule has 1 aliphatic rings. The number of hydrogen-bond donors (Lipinski definition) is 0. The molecule has 120 valence electrons. The molecular weight excluding hydrogens is 310 g/mol. The zero-order valence-electron chi connectivity index (χ0n) is 12.7. The van der Waals surface area contributed by atoms with Gasteiger partial charge in [0.05, 0.1) is 4.90 Å². The van der Waals surface area contributed by atoms with Crippen molar-refractivity contribution in [2.24, 2.45) is 4.40 Å². The summed E-state index contributed by atoms with van der Waals surface area (Å²) in [7, 11) is -3.61. The third-order valence-electron chi connectivity index (χ3n) is 3.83. The van der Waals surface area contributed by atoms with Crippen LogP contribution in [0.15, 0.2) is 70.0 Å². The summed E-state index contributed by atoms with van der Waals surface area (Å²) in [6.45, 7) is 3.20. The maximum atomic E-state index is 12.1. The fourth-order valence-electron chi connectivity index (χ4n) is 2.52. The molecule has 1 aliphatic heterocycles. The van der Waals surface area contributed by atoms with Crippen LogP contribution in [-0.4, -0.2) is 45.8 Å². The first-order valence-electron chi connectivity index (χ1n) is 7.55. The first-order valence-corrected chi connectivity index (χ1v) is 8.99. The Morgan fingerprint density at radius 2 is 1.39 bits per heavy atom. The molecule has 0 amide bonds. The van der Waals surface area contributed by atoms with E-state index >= 15 is 0 Å². The Kier molecular flexibility index (Phi) is 4.62. The second-order valence-corrected chi connectivity index (χ2v) is 7.00. The summed E-state index contributed by atoms with van der Waals surface area (Å²) in [5.41, 5.74) is 1.20. The minimum absolute atomic E-state index is 0.221. The molecule has 0 spiro atoms. The van der Waals surface area contributed by atoms with Gasteiger partial charge >= 0.3 is 0 Å². The second-order valence-electron chi connectivity index (χ2n) is 5.37. The van der Waals surface area contributed by atoms with Gasteiger partial charge in [-0.25, -0.2) is 0 Å². The lowest BCUT2D eigenvalue weighted by atomic mass is 10.2. The van der Waals surface area contributed by atoms with E-state index in [1.165, 1.54) is 12.0 Å². The molecule has 2 aromatic carbocycles. The number of para-hydroxylation sites is 1. The molecule has 5 nitrogen and oxygen atoms in total. The Hall–Kier alpha value is -2.34. The zero-order chi connectivity index (χ0) is 16.1. The summed E-state index contributed by atoms with van der Waals surface area (Å²) in [4.78, 5) is 4.45. The molecular formula is C17H19N3O2S. The molecule has 1 fully saturated rings. The van der Waals surface area contributed by atoms with Gasteiger partial charge in [0.2, 0.25) is 0 Å². The van der Waals surface area contributed by atoms with Gasteiger partial charge in [0.1, 0.15) is 6.34 Å². The lowest BCUT2D eigenvalue weighted by Crippen LogP contribution is -2.45. The van der Waals surface area contributed by atoms with Crippen molar-refractivity contribution in [1.82, 2.24) is 4.90 Å². The van der Waals surface area contributed by atoms with Crippen molar-refractivity contribution in [3.63, 3.8) is 0 Å². The van der Waals surface area contributed by atoms with Crippen LogP contribution in [0.3, 0.4) is 0 Å². The molecule has 0 bridgehead atoms. The van der Waals surface area contributed by atoms with Crippen molar-refractivity contribution in [3.8, 4) is 0 Å². The highest BCUT2D eigenvalue weighted by Gasteiger charge is 2.16. The normalized spacial score (nSPS) is 16.0. The molecule has 0 aliphatic carbocycles. The van der Waals surface area contributed by atoms with Gasteiger partial charge in [0.15, 0.2) is 0 Å². The van der Waals surface area contributed by atoms with Crippen molar-refractivity contribution in [3.05, 3.63) is 60.7 Å². The average Bonchev–Trinajstić information content (AvgIpc) is 2.62. The highest BCUT2D eigenvalue weighted by Crippen LogP contribution is 2.15. The second kappa shape index (κ2) is 6.83. The Labute approximate surface area is 136 Å². The van der Waals surface area contributed by atoms with Gasteiger partial charge in [0.25, 0.3) is 10.0 Å². The van der Waals surface area contributed by atoms with Gasteiger partial charge in [-0.15, -0.1) is 4.40 Å². The monoisotopic (exact) mass is 329 g/mol. The van der Waals surface area contributed by atoms with Gasteiger partial charge in [-0.05, 0) is 24.3 Å². The molecule has 0 atom stereocenters. The minimum atomic E-state index is -3.61. The predicted molar refractivity (Wildman–Crippen MR) is 92.3 cm³/mol. The molecule has 0 unspecified atom stereocenters. The summed E-state index contributed by atoms with van der Waals surface area (Å²) in [5.74, 6) is 0. The van der Waals surface area contributed by atoms with E-state index in [-0.39, 0.29) is 4.90 Å². The van der Waals surface area contributed by atoms with Gasteiger partial charge in [-0.3, -0.25) is 0 Å². The quantitative estimate of drug-likeness (QED) is 0.637. The van der Waals surface area contributed by atoms with E-state index in [1.807, 2.05) is 23.1 Å². The van der Waals surface area contributed by atoms with Crippen LogP contribution in [0.5, 0.6) is 0 Å². The number of sulfonamides is 1. The standard InChI is InChI=1S/C17H19N3O2S/c21-23(22,17-9-5-2-6-10-17)18-15-19-11-13-20(14-12-19)16-7-3-1-4-8-16/h1-10,15H,11-14H2. The molecule has 1 heterocycles. The van der Waals surface area contributed by atoms with E-state index < -0.39 is 10.0 Å². The van der Waals surface area contributed by atoms with E-state index in [0.29, 0.717) is 0 Å². The summed E-state index contributed by atoms with van der Waals surface area (Å²) in [6, 6.07) is 18.5. The Morgan fingerprint density at radius 1 is 0.826 bits per heavy atom. The Balaban J connectivity index is 1.61. The van der Waals surface area contributed by atoms with Crippen LogP contribution < -0.4 is 4.90 Å². The van der Waals surface area contributed by atoms with Crippen LogP contribution in [0.4, 0.5) is 5.69 Å². The maximum Gasteiger partial charge on any atom is 0.283 e. The molecule has 3 rings (SSSR count). The van der Waals surface area contributed by atoms with Crippen LogP contribution in [0.25, 0.3) is 0 Å². The molecule has 1 saturated heterocycles. The van der Waals surface area contributed by atoms with E-state index in [2.05, 4.69) is 21.4 Å². The number of anilines is 1. The molecule has 0 radical (unpaired) electrons. The van der Waals surface area contributed by atoms with Crippen LogP contribution in [0.2, 0.25) is 0 Å². The van der Waals surface area contributed by atoms with Crippen molar-refractivity contribution < 1.29 is 8.42 Å². The first-order chi connectivity index (χ1) is 11.1. The van der Waals surface area contributed by atoms with E-state index in [9.17, 15) is 8.42 Å². The highest BCUT2D eigenvalue weighted by molar-refractivity contribution is 7.90. The molecule has 0 saturated carbocycles. The lowest BCUT2D eigenvalue weighted by molar-refractivity contribution is 0.396. The molecule has 0 N–H and O–H groups in total. The highest BCUT2D eigenvalue weighted by atomic mass is 32.2. The number of benzene rings is 2. The van der Waals surface area contributed by atoms with Crippen LogP contribution in [0.1, 0.15) is 0 Å². The van der Waals surface area contributed by atoms with E-state index in [0.717, 1.165) is 26.2 Å². The number of hydrogen-bond acceptors (Lipinski definition) is 3. The summed E-state index contributed by atoms with van der Waals surface area (Å²) in [6.07, 6.45) is 1.45. The SMILES string of the molecule is O=S(=O)(N=CN1CCN(c2ccccc2)CC1)c1ccccc1. The van der Waals surface area contributed by atoms with E-state index in [4.69, 9.17) is 0 Å². The van der Waals surface area contributed by atoms with Gasteiger partial charge < -0.3 is 9.80 Å². The third kappa shape index (κ3) is 3.90. The predicted octanol–water partition coefficient (Wildman–Crippen LogP) is 2.23. The fourth-order valence-corrected chi connectivity index (χ4v) is 3.40. The van der Waals surface area contributed by atoms with Gasteiger partial charge in [-0.2, -0.15) is 8.42 Å². The third-order valence-corrected chi connectivity index (χ3v) is 5.07. The largest absolute Gasteiger partial charge is 0.368 e. The summed E-state index contributed by atoms with van der Waals surface area (Å²) in [5, 5.41) is 0. The van der Waals surface area contributed by atoms with Crippen LogP contribution in [-0.2, 0) is 10.0 Å². The van der Waals surface area contributed by atoms with Crippen molar-refractivity contribution in [1.29, 1.82) is 0 Å². The van der Waals surface area contributed by atoms with Crippen molar-refractivity contribution >= 4 is 22.0 Å². The first kappa shape index (κ1) is 15.6. The number of rotatable bonds is 4. The number of piperazine rings is 1.